The summed E-state index contributed by atoms with van der Waals surface area (Å²) in [6, 6.07) is 16.0. The minimum absolute atomic E-state index is 0.308. The number of carbonyl (C=O) groups is 1. The summed E-state index contributed by atoms with van der Waals surface area (Å²) in [5, 5.41) is 13.3. The fourth-order valence-corrected chi connectivity index (χ4v) is 7.34. The molecule has 51 heavy (non-hydrogen) atoms. The molecule has 1 atom stereocenters. The van der Waals surface area contributed by atoms with Crippen LogP contribution in [-0.4, -0.2) is 96.5 Å². The van der Waals surface area contributed by atoms with E-state index in [0.717, 1.165) is 87.7 Å². The zero-order valence-electron chi connectivity index (χ0n) is 29.3. The molecule has 1 saturated carbocycles. The molecule has 2 aliphatic rings. The Hall–Kier alpha value is -5.00. The molecule has 0 bridgehead atoms. The van der Waals surface area contributed by atoms with Crippen molar-refractivity contribution in [3.63, 3.8) is 0 Å². The van der Waals surface area contributed by atoms with E-state index in [1.807, 2.05) is 55.6 Å². The van der Waals surface area contributed by atoms with Gasteiger partial charge in [-0.15, -0.1) is 0 Å². The number of esters is 1. The summed E-state index contributed by atoms with van der Waals surface area (Å²) in [6.07, 6.45) is 6.12. The second-order valence-corrected chi connectivity index (χ2v) is 13.9. The fourth-order valence-electron chi connectivity index (χ4n) is 7.34. The number of likely N-dealkylation sites (N-methyl/N-ethyl adjacent to an activating group) is 1. The van der Waals surface area contributed by atoms with Crippen molar-refractivity contribution in [2.45, 2.75) is 32.2 Å². The highest BCUT2D eigenvalue weighted by Gasteiger charge is 2.27. The third kappa shape index (κ3) is 6.63. The molecule has 264 valence electrons. The monoisotopic (exact) mass is 690 g/mol. The van der Waals surface area contributed by atoms with Crippen LogP contribution in [0.15, 0.2) is 67.1 Å². The molecule has 2 fully saturated rings. The fraction of sp³-hybridized carbons (Fsp3) is 0.375. The number of halogens is 1. The SMILES string of the molecule is COC(=O)[C@@H](Cc1ccccc1OCC1CC1)Nc1ncnn2cc3c4ccc(F)cc4c4c(C)c(OCCN5CCN(C)CC5)ccc4c3c12. The number of anilines is 1. The molecule has 6 aromatic rings. The number of aromatic nitrogens is 3. The Balaban J connectivity index is 1.20. The average molecular weight is 691 g/mol. The van der Waals surface area contributed by atoms with Gasteiger partial charge in [-0.2, -0.15) is 5.10 Å². The Morgan fingerprint density at radius 1 is 0.961 bits per heavy atom. The number of rotatable bonds is 12. The molecule has 4 aromatic carbocycles. The smallest absolute Gasteiger partial charge is 0.328 e. The van der Waals surface area contributed by atoms with E-state index in [1.165, 1.54) is 32.3 Å². The molecular weight excluding hydrogens is 647 g/mol. The van der Waals surface area contributed by atoms with Crippen LogP contribution in [0, 0.1) is 18.7 Å². The summed E-state index contributed by atoms with van der Waals surface area (Å²) < 4.78 is 34.5. The van der Waals surface area contributed by atoms with Crippen molar-refractivity contribution in [2.75, 3.05) is 65.4 Å². The number of benzene rings is 4. The minimum Gasteiger partial charge on any atom is -0.493 e. The van der Waals surface area contributed by atoms with Crippen molar-refractivity contribution in [3.8, 4) is 11.5 Å². The lowest BCUT2D eigenvalue weighted by Crippen LogP contribution is -2.45. The lowest BCUT2D eigenvalue weighted by Gasteiger charge is -2.32. The Kier molecular flexibility index (Phi) is 9.08. The van der Waals surface area contributed by atoms with Crippen LogP contribution in [-0.2, 0) is 16.0 Å². The number of hydrogen-bond acceptors (Lipinski definition) is 9. The number of methoxy groups -OCH3 is 1. The van der Waals surface area contributed by atoms with Crippen LogP contribution in [0.3, 0.4) is 0 Å². The average Bonchev–Trinajstić information content (AvgIpc) is 3.89. The molecule has 0 spiro atoms. The van der Waals surface area contributed by atoms with E-state index >= 15 is 0 Å². The molecular formula is C40H43FN6O4. The van der Waals surface area contributed by atoms with Gasteiger partial charge in [0.15, 0.2) is 5.82 Å². The van der Waals surface area contributed by atoms with E-state index in [4.69, 9.17) is 14.2 Å². The Morgan fingerprint density at radius 3 is 2.57 bits per heavy atom. The van der Waals surface area contributed by atoms with Crippen LogP contribution in [0.1, 0.15) is 24.0 Å². The molecule has 11 heteroatoms. The first-order valence-electron chi connectivity index (χ1n) is 17.8. The standard InChI is InChI=1S/C40H43FN6O4/c1-25-34(50-19-18-46-16-14-45(2)15-17-46)13-12-30-36(25)31-21-28(41)10-11-29(31)32-22-47-38(37(30)32)39(42-24-43-47)44-33(40(48)49-3)20-27-6-4-5-7-35(27)51-23-26-8-9-26/h4-7,10-13,21-22,24,26,33H,8-9,14-20,23H2,1-3H3,(H,42,43,44)/t33-/m1/s1. The van der Waals surface area contributed by atoms with Gasteiger partial charge in [0.2, 0.25) is 0 Å². The second kappa shape index (κ2) is 14.0. The van der Waals surface area contributed by atoms with E-state index in [2.05, 4.69) is 32.2 Å². The first-order chi connectivity index (χ1) is 24.9. The van der Waals surface area contributed by atoms with Crippen LogP contribution in [0.2, 0.25) is 0 Å². The number of aryl methyl sites for hydroxylation is 1. The largest absolute Gasteiger partial charge is 0.493 e. The summed E-state index contributed by atoms with van der Waals surface area (Å²) >= 11 is 0. The van der Waals surface area contributed by atoms with Crippen LogP contribution in [0.5, 0.6) is 11.5 Å². The number of nitrogens with zero attached hydrogens (tertiary/aromatic N) is 5. The normalized spacial score (nSPS) is 16.2. The number of nitrogens with one attached hydrogen (secondary N) is 1. The van der Waals surface area contributed by atoms with Crippen molar-refractivity contribution < 1.29 is 23.4 Å². The van der Waals surface area contributed by atoms with Gasteiger partial charge in [-0.1, -0.05) is 24.3 Å². The van der Waals surface area contributed by atoms with Gasteiger partial charge in [0, 0.05) is 56.1 Å². The zero-order chi connectivity index (χ0) is 35.1. The predicted molar refractivity (Wildman–Crippen MR) is 197 cm³/mol. The number of carbonyl (C=O) groups excluding carboxylic acids is 1. The zero-order valence-corrected chi connectivity index (χ0v) is 29.3. The van der Waals surface area contributed by atoms with E-state index in [1.54, 1.807) is 10.6 Å². The number of piperazine rings is 1. The van der Waals surface area contributed by atoms with E-state index in [-0.39, 0.29) is 5.82 Å². The summed E-state index contributed by atoms with van der Waals surface area (Å²) in [6.45, 7) is 8.26. The lowest BCUT2D eigenvalue weighted by molar-refractivity contribution is -0.141. The number of fused-ring (bicyclic) bond motifs is 8. The van der Waals surface area contributed by atoms with E-state index in [9.17, 15) is 9.18 Å². The van der Waals surface area contributed by atoms with Crippen molar-refractivity contribution in [2.24, 2.45) is 5.92 Å². The van der Waals surface area contributed by atoms with Crippen LogP contribution in [0.4, 0.5) is 10.2 Å². The molecule has 1 saturated heterocycles. The van der Waals surface area contributed by atoms with Crippen LogP contribution in [0.25, 0.3) is 37.8 Å². The highest BCUT2D eigenvalue weighted by molar-refractivity contribution is 6.31. The molecule has 1 N–H and O–H groups in total. The molecule has 0 unspecified atom stereocenters. The van der Waals surface area contributed by atoms with E-state index in [0.29, 0.717) is 36.9 Å². The maximum Gasteiger partial charge on any atom is 0.328 e. The molecule has 1 aliphatic heterocycles. The van der Waals surface area contributed by atoms with Gasteiger partial charge in [0.05, 0.1) is 13.7 Å². The molecule has 1 aliphatic carbocycles. The topological polar surface area (TPSA) is 93.5 Å². The maximum atomic E-state index is 14.9. The Bertz CT molecular complexity index is 2240. The third-order valence-electron chi connectivity index (χ3n) is 10.4. The molecule has 3 heterocycles. The quantitative estimate of drug-likeness (QED) is 0.118. The van der Waals surface area contributed by atoms with Crippen LogP contribution < -0.4 is 14.8 Å². The first-order valence-corrected chi connectivity index (χ1v) is 17.8. The Morgan fingerprint density at radius 2 is 1.76 bits per heavy atom. The van der Waals surface area contributed by atoms with Crippen molar-refractivity contribution in [3.05, 3.63) is 84.1 Å². The van der Waals surface area contributed by atoms with Gasteiger partial charge in [-0.25, -0.2) is 18.7 Å². The highest BCUT2D eigenvalue weighted by atomic mass is 19.1. The van der Waals surface area contributed by atoms with E-state index < -0.39 is 12.0 Å². The number of ether oxygens (including phenoxy) is 3. The number of hydrogen-bond donors (Lipinski definition) is 1. The molecule has 0 amide bonds. The van der Waals surface area contributed by atoms with Crippen molar-refractivity contribution in [1.82, 2.24) is 24.4 Å². The molecule has 10 nitrogen and oxygen atoms in total. The van der Waals surface area contributed by atoms with Gasteiger partial charge in [0.25, 0.3) is 0 Å². The molecule has 2 aromatic heterocycles. The van der Waals surface area contributed by atoms with Crippen molar-refractivity contribution in [1.29, 1.82) is 0 Å². The summed E-state index contributed by atoms with van der Waals surface area (Å²) in [7, 11) is 3.54. The lowest BCUT2D eigenvalue weighted by atomic mass is 9.93. The van der Waals surface area contributed by atoms with Gasteiger partial charge < -0.3 is 24.4 Å². The minimum atomic E-state index is -0.757. The van der Waals surface area contributed by atoms with Gasteiger partial charge in [-0.3, -0.25) is 4.90 Å². The third-order valence-corrected chi connectivity index (χ3v) is 10.4. The van der Waals surface area contributed by atoms with Crippen LogP contribution >= 0.6 is 0 Å². The summed E-state index contributed by atoms with van der Waals surface area (Å²) in [5.41, 5.74) is 2.55. The van der Waals surface area contributed by atoms with Gasteiger partial charge in [0.1, 0.15) is 41.8 Å². The summed E-state index contributed by atoms with van der Waals surface area (Å²) in [5.74, 6) is 1.90. The van der Waals surface area contributed by atoms with Gasteiger partial charge in [-0.05, 0) is 95.7 Å². The first kappa shape index (κ1) is 33.2. The summed E-state index contributed by atoms with van der Waals surface area (Å²) in [4.78, 5) is 22.8. The molecule has 0 radical (unpaired) electrons. The van der Waals surface area contributed by atoms with Gasteiger partial charge >= 0.3 is 5.97 Å². The second-order valence-electron chi connectivity index (χ2n) is 13.9. The highest BCUT2D eigenvalue weighted by Crippen LogP contribution is 2.43. The van der Waals surface area contributed by atoms with Crippen molar-refractivity contribution >= 4 is 49.6 Å². The predicted octanol–water partition coefficient (Wildman–Crippen LogP) is 6.25. The number of para-hydroxylation sites is 1. The maximum absolute atomic E-state index is 14.9. The molecule has 8 rings (SSSR count). The Labute approximate surface area is 296 Å².